The molecule has 0 saturated carbocycles. The molecule has 0 aromatic carbocycles. The van der Waals surface area contributed by atoms with Crippen molar-refractivity contribution in [2.75, 3.05) is 0 Å². The van der Waals surface area contributed by atoms with Gasteiger partial charge in [-0.05, 0) is 0 Å². The summed E-state index contributed by atoms with van der Waals surface area (Å²) < 4.78 is 0. The second-order valence-electron chi connectivity index (χ2n) is 0.455. The van der Waals surface area contributed by atoms with Crippen molar-refractivity contribution >= 4 is 14.4 Å². The fraction of sp³-hybridized carbons (Fsp3) is 0. The van der Waals surface area contributed by atoms with Crippen molar-refractivity contribution in [3.63, 3.8) is 0 Å². The monoisotopic (exact) mass is 150 g/mol. The molecule has 5 N–H and O–H groups in total. The molecule has 3 radical (unpaired) electrons. The molecule has 3 nitrogen and oxygen atoms in total. The number of rotatable bonds is 0. The van der Waals surface area contributed by atoms with Crippen LogP contribution in [0.2, 0.25) is 0 Å². The summed E-state index contributed by atoms with van der Waals surface area (Å²) >= 11 is 0. The highest BCUT2D eigenvalue weighted by Crippen LogP contribution is 1.13. The summed E-state index contributed by atoms with van der Waals surface area (Å²) in [5.74, 6) is -0.333. The molecule has 9 heavy (non-hydrogen) atoms. The van der Waals surface area contributed by atoms with Gasteiger partial charge in [0.05, 0.1) is 0 Å². The number of nitrogens with two attached hydrogens (primary N) is 2. The van der Waals surface area contributed by atoms with Crippen LogP contribution < -0.4 is 11.5 Å². The third kappa shape index (κ3) is 202. The molecule has 0 saturated heterocycles. The fourth-order valence-corrected chi connectivity index (χ4v) is 0. The van der Waals surface area contributed by atoms with Crippen LogP contribution in [0.4, 0.5) is 18.8 Å². The standard InChI is InChI=1S/CH5N3.B.4FH/c2-1(3)4;;;;;/h(H5,2,3,4);;4*1H. The van der Waals surface area contributed by atoms with E-state index in [1.807, 2.05) is 0 Å². The Kier molecular flexibility index (Phi) is 646. The molecular weight excluding hydrogens is 141 g/mol. The highest BCUT2D eigenvalue weighted by Gasteiger charge is 1.52. The van der Waals surface area contributed by atoms with Gasteiger partial charge in [0.1, 0.15) is 0 Å². The van der Waals surface area contributed by atoms with E-state index in [-0.39, 0.29) is 33.2 Å². The van der Waals surface area contributed by atoms with Gasteiger partial charge in [-0.15, -0.1) is 0 Å². The maximum Gasteiger partial charge on any atom is 0.183 e. The van der Waals surface area contributed by atoms with Crippen LogP contribution in [0, 0.1) is 5.41 Å². The number of guanidine groups is 1. The molecule has 0 rings (SSSR count). The normalized spacial score (nSPS) is 2.67. The van der Waals surface area contributed by atoms with Crippen LogP contribution in [0.15, 0.2) is 0 Å². The van der Waals surface area contributed by atoms with Gasteiger partial charge in [-0.3, -0.25) is 24.2 Å². The number of hydrogen-bond donors (Lipinski definition) is 3. The van der Waals surface area contributed by atoms with Crippen molar-refractivity contribution in [3.05, 3.63) is 0 Å². The molecule has 0 aliphatic heterocycles. The van der Waals surface area contributed by atoms with E-state index in [4.69, 9.17) is 5.41 Å². The van der Waals surface area contributed by atoms with E-state index in [9.17, 15) is 0 Å². The van der Waals surface area contributed by atoms with Gasteiger partial charge in [-0.2, -0.15) is 0 Å². The molecule has 0 spiro atoms. The van der Waals surface area contributed by atoms with Crippen molar-refractivity contribution < 1.29 is 18.8 Å². The molecule has 59 valence electrons. The van der Waals surface area contributed by atoms with E-state index >= 15 is 0 Å². The second kappa shape index (κ2) is 61.3. The molecule has 0 aliphatic carbocycles. The average Bonchev–Trinajstić information content (AvgIpc) is 0.811. The average molecular weight is 150 g/mol. The lowest BCUT2D eigenvalue weighted by Gasteiger charge is -1.69. The first-order valence-electron chi connectivity index (χ1n) is 0.827. The Morgan fingerprint density at radius 2 is 0.889 bits per heavy atom. The zero-order valence-corrected chi connectivity index (χ0v) is 4.37. The van der Waals surface area contributed by atoms with E-state index in [1.165, 1.54) is 0 Å². The molecule has 0 bridgehead atoms. The Morgan fingerprint density at radius 3 is 0.889 bits per heavy atom. The highest BCUT2D eigenvalue weighted by atomic mass is 19.0. The van der Waals surface area contributed by atoms with E-state index in [0.29, 0.717) is 0 Å². The SMILES string of the molecule is F.F.F.F.N=C(N)N.[B]. The van der Waals surface area contributed by atoms with Crippen LogP contribution in [0.5, 0.6) is 0 Å². The molecule has 8 heteroatoms. The van der Waals surface area contributed by atoms with E-state index < -0.39 is 0 Å². The van der Waals surface area contributed by atoms with Gasteiger partial charge in [-0.1, -0.05) is 0 Å². The van der Waals surface area contributed by atoms with Crippen molar-refractivity contribution in [2.45, 2.75) is 0 Å². The van der Waals surface area contributed by atoms with Gasteiger partial charge in [0.25, 0.3) is 0 Å². The second-order valence-corrected chi connectivity index (χ2v) is 0.455. The Balaban J connectivity index is -0.00000000450. The van der Waals surface area contributed by atoms with Gasteiger partial charge >= 0.3 is 0 Å². The maximum absolute atomic E-state index is 6.06. The quantitative estimate of drug-likeness (QED) is 0.180. The van der Waals surface area contributed by atoms with Crippen LogP contribution in [-0.4, -0.2) is 14.4 Å². The van der Waals surface area contributed by atoms with E-state index in [0.717, 1.165) is 0 Å². The number of hydrogen-bond acceptors (Lipinski definition) is 1. The van der Waals surface area contributed by atoms with Crippen molar-refractivity contribution in [2.24, 2.45) is 11.5 Å². The van der Waals surface area contributed by atoms with Gasteiger partial charge < -0.3 is 11.5 Å². The van der Waals surface area contributed by atoms with Gasteiger partial charge in [-0.25, -0.2) is 0 Å². The summed E-state index contributed by atoms with van der Waals surface area (Å²) in [7, 11) is 0. The summed E-state index contributed by atoms with van der Waals surface area (Å²) in [6.45, 7) is 0. The maximum atomic E-state index is 6.06. The summed E-state index contributed by atoms with van der Waals surface area (Å²) in [5, 5.41) is 6.06. The molecule has 0 aliphatic rings. The van der Waals surface area contributed by atoms with E-state index in [2.05, 4.69) is 11.5 Å². The lowest BCUT2D eigenvalue weighted by Crippen LogP contribution is -2.20. The summed E-state index contributed by atoms with van der Waals surface area (Å²) in [6, 6.07) is 0. The number of halogens is 4. The Bertz CT molecular complexity index is 38.8. The fourth-order valence-electron chi connectivity index (χ4n) is 0. The molecule has 0 fully saturated rings. The van der Waals surface area contributed by atoms with Crippen molar-refractivity contribution in [3.8, 4) is 0 Å². The van der Waals surface area contributed by atoms with Crippen molar-refractivity contribution in [1.82, 2.24) is 0 Å². The Labute approximate surface area is 51.3 Å². The molecule has 0 atom stereocenters. The predicted molar refractivity (Wildman–Crippen MR) is 31.9 cm³/mol. The summed E-state index contributed by atoms with van der Waals surface area (Å²) in [5.41, 5.74) is 8.94. The Morgan fingerprint density at radius 1 is 0.889 bits per heavy atom. The summed E-state index contributed by atoms with van der Waals surface area (Å²) in [6.07, 6.45) is 0. The lowest BCUT2D eigenvalue weighted by molar-refractivity contribution is 1.11. The molecule has 0 amide bonds. The highest BCUT2D eigenvalue weighted by molar-refractivity contribution is 5.75. The first-order valence-corrected chi connectivity index (χ1v) is 0.827. The summed E-state index contributed by atoms with van der Waals surface area (Å²) in [4.78, 5) is 0. The van der Waals surface area contributed by atoms with Crippen LogP contribution in [-0.2, 0) is 0 Å². The minimum absolute atomic E-state index is 0. The zero-order chi connectivity index (χ0) is 3.58. The zero-order valence-electron chi connectivity index (χ0n) is 4.37. The third-order valence-corrected chi connectivity index (χ3v) is 0. The number of nitrogens with one attached hydrogen (secondary N) is 1. The molecule has 0 aromatic rings. The van der Waals surface area contributed by atoms with Gasteiger partial charge in [0, 0.05) is 8.41 Å². The topological polar surface area (TPSA) is 75.9 Å². The minimum Gasteiger partial charge on any atom is -0.370 e. The first-order chi connectivity index (χ1) is 1.73. The minimum atomic E-state index is -0.333. The third-order valence-electron chi connectivity index (χ3n) is 0. The van der Waals surface area contributed by atoms with Crippen LogP contribution >= 0.6 is 0 Å². The van der Waals surface area contributed by atoms with Crippen LogP contribution in [0.3, 0.4) is 0 Å². The van der Waals surface area contributed by atoms with Gasteiger partial charge in [0.15, 0.2) is 5.96 Å². The van der Waals surface area contributed by atoms with E-state index in [1.54, 1.807) is 0 Å². The molecule has 0 aromatic heterocycles. The Hall–Kier alpha value is -0.945. The van der Waals surface area contributed by atoms with Crippen LogP contribution in [0.1, 0.15) is 0 Å². The van der Waals surface area contributed by atoms with Crippen molar-refractivity contribution in [1.29, 1.82) is 5.41 Å². The molecular formula is CH9BF4N3. The molecule has 0 unspecified atom stereocenters. The lowest BCUT2D eigenvalue weighted by atomic mass is 10.8. The molecule has 0 heterocycles. The largest absolute Gasteiger partial charge is 0.370 e. The van der Waals surface area contributed by atoms with Gasteiger partial charge in [0.2, 0.25) is 0 Å². The van der Waals surface area contributed by atoms with Crippen LogP contribution in [0.25, 0.3) is 0 Å². The smallest absolute Gasteiger partial charge is 0.183 e. The first kappa shape index (κ1) is 94.9. The predicted octanol–water partition coefficient (Wildman–Crippen LogP) is -0.932.